The van der Waals surface area contributed by atoms with Crippen molar-refractivity contribution in [2.24, 2.45) is 5.92 Å². The maximum absolute atomic E-state index is 13.2. The number of rotatable bonds is 4. The van der Waals surface area contributed by atoms with Gasteiger partial charge in [-0.15, -0.1) is 0 Å². The third-order valence-electron chi connectivity index (χ3n) is 5.13. The van der Waals surface area contributed by atoms with Gasteiger partial charge >= 0.3 is 5.97 Å². The van der Waals surface area contributed by atoms with E-state index >= 15 is 0 Å². The maximum atomic E-state index is 13.2. The molecule has 130 valence electrons. The number of amides is 1. The quantitative estimate of drug-likeness (QED) is 0.860. The van der Waals surface area contributed by atoms with E-state index in [0.717, 1.165) is 25.7 Å². The zero-order chi connectivity index (χ0) is 17.1. The standard InChI is InChI=1S/C18H23FN2O3/c1-24-18(23)16-9-12-5-2-3-8-15(12)21(16)11-17(22)20-14-7-4-6-13(19)10-14/h4,6-7,10,12,15-16H,2-3,5,8-9,11H2,1H3,(H,20,22)/t12-,15-,16-/m0/s1. The smallest absolute Gasteiger partial charge is 0.323 e. The van der Waals surface area contributed by atoms with Crippen LogP contribution in [0, 0.1) is 11.7 Å². The first-order valence-corrected chi connectivity index (χ1v) is 8.47. The van der Waals surface area contributed by atoms with Gasteiger partial charge in [0.2, 0.25) is 5.91 Å². The summed E-state index contributed by atoms with van der Waals surface area (Å²) in [6.07, 6.45) is 5.16. The SMILES string of the molecule is COC(=O)[C@@H]1C[C@@H]2CCCC[C@@H]2N1CC(=O)Nc1cccc(F)c1. The summed E-state index contributed by atoms with van der Waals surface area (Å²) in [5.41, 5.74) is 0.425. The predicted octanol–water partition coefficient (Wildman–Crippen LogP) is 2.57. The molecule has 0 radical (unpaired) electrons. The van der Waals surface area contributed by atoms with Crippen LogP contribution in [0.15, 0.2) is 24.3 Å². The zero-order valence-electron chi connectivity index (χ0n) is 13.8. The zero-order valence-corrected chi connectivity index (χ0v) is 13.8. The molecule has 0 aromatic heterocycles. The maximum Gasteiger partial charge on any atom is 0.323 e. The van der Waals surface area contributed by atoms with Crippen molar-refractivity contribution >= 4 is 17.6 Å². The Morgan fingerprint density at radius 1 is 1.33 bits per heavy atom. The number of hydrogen-bond donors (Lipinski definition) is 1. The molecule has 1 aliphatic carbocycles. The summed E-state index contributed by atoms with van der Waals surface area (Å²) >= 11 is 0. The molecule has 5 nitrogen and oxygen atoms in total. The molecule has 0 bridgehead atoms. The van der Waals surface area contributed by atoms with E-state index in [2.05, 4.69) is 5.32 Å². The molecule has 1 aliphatic heterocycles. The summed E-state index contributed by atoms with van der Waals surface area (Å²) in [6.45, 7) is 0.122. The largest absolute Gasteiger partial charge is 0.468 e. The van der Waals surface area contributed by atoms with Gasteiger partial charge in [-0.25, -0.2) is 4.39 Å². The number of anilines is 1. The van der Waals surface area contributed by atoms with E-state index in [-0.39, 0.29) is 30.5 Å². The summed E-state index contributed by atoms with van der Waals surface area (Å²) in [4.78, 5) is 26.5. The van der Waals surface area contributed by atoms with Crippen LogP contribution in [0.4, 0.5) is 10.1 Å². The lowest BCUT2D eigenvalue weighted by atomic mass is 9.85. The Kier molecular flexibility index (Phi) is 5.14. The Hall–Kier alpha value is -1.95. The summed E-state index contributed by atoms with van der Waals surface area (Å²) in [5, 5.41) is 2.71. The highest BCUT2D eigenvalue weighted by Crippen LogP contribution is 2.39. The summed E-state index contributed by atoms with van der Waals surface area (Å²) in [7, 11) is 1.38. The van der Waals surface area contributed by atoms with Crippen molar-refractivity contribution in [2.75, 3.05) is 19.0 Å². The van der Waals surface area contributed by atoms with Gasteiger partial charge in [-0.1, -0.05) is 18.9 Å². The molecule has 24 heavy (non-hydrogen) atoms. The highest BCUT2D eigenvalue weighted by atomic mass is 19.1. The minimum Gasteiger partial charge on any atom is -0.468 e. The van der Waals surface area contributed by atoms with Gasteiger partial charge in [-0.2, -0.15) is 0 Å². The van der Waals surface area contributed by atoms with Crippen LogP contribution in [-0.4, -0.2) is 42.5 Å². The lowest BCUT2D eigenvalue weighted by Crippen LogP contribution is -2.46. The number of ether oxygens (including phenoxy) is 1. The van der Waals surface area contributed by atoms with Crippen LogP contribution >= 0.6 is 0 Å². The van der Waals surface area contributed by atoms with Crippen LogP contribution < -0.4 is 5.32 Å². The van der Waals surface area contributed by atoms with Crippen LogP contribution in [0.1, 0.15) is 32.1 Å². The Morgan fingerprint density at radius 3 is 2.88 bits per heavy atom. The Morgan fingerprint density at radius 2 is 2.12 bits per heavy atom. The molecule has 0 spiro atoms. The molecule has 2 aliphatic rings. The number of methoxy groups -OCH3 is 1. The van der Waals surface area contributed by atoms with Crippen molar-refractivity contribution < 1.29 is 18.7 Å². The predicted molar refractivity (Wildman–Crippen MR) is 87.9 cm³/mol. The number of fused-ring (bicyclic) bond motifs is 1. The molecular formula is C18H23FN2O3. The average Bonchev–Trinajstić information content (AvgIpc) is 2.93. The number of nitrogens with zero attached hydrogens (tertiary/aromatic N) is 1. The number of nitrogens with one attached hydrogen (secondary N) is 1. The first-order chi connectivity index (χ1) is 11.6. The van der Waals surface area contributed by atoms with Crippen LogP contribution in [0.3, 0.4) is 0 Å². The fraction of sp³-hybridized carbons (Fsp3) is 0.556. The molecule has 1 heterocycles. The normalized spacial score (nSPS) is 26.7. The minimum absolute atomic E-state index is 0.122. The van der Waals surface area contributed by atoms with E-state index in [0.29, 0.717) is 11.6 Å². The molecule has 1 N–H and O–H groups in total. The third-order valence-corrected chi connectivity index (χ3v) is 5.13. The van der Waals surface area contributed by atoms with Crippen LogP contribution in [0.25, 0.3) is 0 Å². The highest BCUT2D eigenvalue weighted by molar-refractivity contribution is 5.92. The van der Waals surface area contributed by atoms with Crippen molar-refractivity contribution in [1.29, 1.82) is 0 Å². The molecule has 6 heteroatoms. The Labute approximate surface area is 141 Å². The molecule has 1 saturated heterocycles. The summed E-state index contributed by atoms with van der Waals surface area (Å²) in [6, 6.07) is 5.70. The Balaban J connectivity index is 1.70. The van der Waals surface area contributed by atoms with Gasteiger partial charge in [-0.3, -0.25) is 14.5 Å². The van der Waals surface area contributed by atoms with Crippen molar-refractivity contribution in [2.45, 2.75) is 44.2 Å². The number of benzene rings is 1. The Bertz CT molecular complexity index is 622. The molecule has 3 atom stereocenters. The van der Waals surface area contributed by atoms with E-state index in [1.807, 2.05) is 4.90 Å². The summed E-state index contributed by atoms with van der Waals surface area (Å²) in [5.74, 6) is -0.456. The van der Waals surface area contributed by atoms with E-state index in [1.54, 1.807) is 12.1 Å². The van der Waals surface area contributed by atoms with Crippen LogP contribution in [-0.2, 0) is 14.3 Å². The van der Waals surface area contributed by atoms with Crippen molar-refractivity contribution in [1.82, 2.24) is 4.90 Å². The average molecular weight is 334 g/mol. The number of esters is 1. The first-order valence-electron chi connectivity index (χ1n) is 8.47. The van der Waals surface area contributed by atoms with Gasteiger partial charge in [0.25, 0.3) is 0 Å². The van der Waals surface area contributed by atoms with E-state index in [4.69, 9.17) is 4.74 Å². The van der Waals surface area contributed by atoms with E-state index < -0.39 is 5.82 Å². The van der Waals surface area contributed by atoms with Crippen molar-refractivity contribution in [3.8, 4) is 0 Å². The third kappa shape index (κ3) is 3.59. The van der Waals surface area contributed by atoms with E-state index in [9.17, 15) is 14.0 Å². The van der Waals surface area contributed by atoms with Crippen LogP contribution in [0.5, 0.6) is 0 Å². The van der Waals surface area contributed by atoms with Gasteiger partial charge in [-0.05, 0) is 43.4 Å². The molecule has 1 saturated carbocycles. The van der Waals surface area contributed by atoms with Gasteiger partial charge in [0, 0.05) is 11.7 Å². The fourth-order valence-corrected chi connectivity index (χ4v) is 4.08. The molecule has 2 fully saturated rings. The number of likely N-dealkylation sites (tertiary alicyclic amines) is 1. The topological polar surface area (TPSA) is 58.6 Å². The fourth-order valence-electron chi connectivity index (χ4n) is 4.08. The minimum atomic E-state index is -0.395. The van der Waals surface area contributed by atoms with E-state index in [1.165, 1.54) is 25.7 Å². The van der Waals surface area contributed by atoms with Gasteiger partial charge in [0.05, 0.1) is 13.7 Å². The number of halogens is 1. The molecule has 1 aromatic carbocycles. The second-order valence-corrected chi connectivity index (χ2v) is 6.62. The number of hydrogen-bond acceptors (Lipinski definition) is 4. The number of carbonyl (C=O) groups is 2. The second kappa shape index (κ2) is 7.30. The molecule has 0 unspecified atom stereocenters. The monoisotopic (exact) mass is 334 g/mol. The van der Waals surface area contributed by atoms with Crippen molar-refractivity contribution in [3.63, 3.8) is 0 Å². The van der Waals surface area contributed by atoms with Crippen LogP contribution in [0.2, 0.25) is 0 Å². The lowest BCUT2D eigenvalue weighted by Gasteiger charge is -2.32. The van der Waals surface area contributed by atoms with Gasteiger partial charge in [0.1, 0.15) is 11.9 Å². The molecule has 3 rings (SSSR count). The first kappa shape index (κ1) is 16.9. The molecule has 1 aromatic rings. The lowest BCUT2D eigenvalue weighted by molar-refractivity contribution is -0.146. The summed E-state index contributed by atoms with van der Waals surface area (Å²) < 4.78 is 18.2. The number of carbonyl (C=O) groups excluding carboxylic acids is 2. The highest BCUT2D eigenvalue weighted by Gasteiger charge is 2.46. The van der Waals surface area contributed by atoms with Gasteiger partial charge in [0.15, 0.2) is 0 Å². The van der Waals surface area contributed by atoms with Crippen molar-refractivity contribution in [3.05, 3.63) is 30.1 Å². The molecule has 1 amide bonds. The molecular weight excluding hydrogens is 311 g/mol. The second-order valence-electron chi connectivity index (χ2n) is 6.62. The van der Waals surface area contributed by atoms with Gasteiger partial charge < -0.3 is 10.1 Å².